The van der Waals surface area contributed by atoms with Gasteiger partial charge in [-0.25, -0.2) is 4.21 Å². The van der Waals surface area contributed by atoms with Crippen LogP contribution < -0.4 is 11.1 Å². The van der Waals surface area contributed by atoms with Gasteiger partial charge in [-0.2, -0.15) is 0 Å². The van der Waals surface area contributed by atoms with Gasteiger partial charge in [-0.15, -0.1) is 0 Å². The highest BCUT2D eigenvalue weighted by molar-refractivity contribution is 7.79. The highest BCUT2D eigenvalue weighted by atomic mass is 32.2. The fourth-order valence-electron chi connectivity index (χ4n) is 0.777. The van der Waals surface area contributed by atoms with E-state index in [2.05, 4.69) is 5.32 Å². The molecule has 0 aliphatic rings. The summed E-state index contributed by atoms with van der Waals surface area (Å²) < 4.78 is 17.9. The van der Waals surface area contributed by atoms with Crippen molar-refractivity contribution in [2.75, 3.05) is 19.3 Å². The lowest BCUT2D eigenvalue weighted by Crippen LogP contribution is -2.23. The third kappa shape index (κ3) is 19.2. The van der Waals surface area contributed by atoms with Gasteiger partial charge in [0, 0.05) is 13.5 Å². The van der Waals surface area contributed by atoms with Crippen molar-refractivity contribution in [3.63, 3.8) is 0 Å². The van der Waals surface area contributed by atoms with Crippen LogP contribution in [0, 0.1) is 5.41 Å². The molecule has 0 saturated carbocycles. The Bertz CT molecular complexity index is 215. The van der Waals surface area contributed by atoms with Crippen LogP contribution in [0.3, 0.4) is 0 Å². The topological polar surface area (TPSA) is 92.4 Å². The van der Waals surface area contributed by atoms with Gasteiger partial charge in [0.25, 0.3) is 0 Å². The zero-order valence-corrected chi connectivity index (χ0v) is 11.4. The second kappa shape index (κ2) is 9.74. The maximum absolute atomic E-state index is 10.7. The molecule has 16 heavy (non-hydrogen) atoms. The van der Waals surface area contributed by atoms with Gasteiger partial charge in [-0.3, -0.25) is 4.79 Å². The van der Waals surface area contributed by atoms with Crippen molar-refractivity contribution in [3.05, 3.63) is 0 Å². The van der Waals surface area contributed by atoms with Crippen molar-refractivity contribution in [3.8, 4) is 0 Å². The largest absolute Gasteiger partial charge is 0.359 e. The van der Waals surface area contributed by atoms with Crippen molar-refractivity contribution in [1.29, 1.82) is 0 Å². The molecule has 98 valence electrons. The molecule has 0 saturated heterocycles. The Labute approximate surface area is 100 Å². The van der Waals surface area contributed by atoms with Gasteiger partial charge < -0.3 is 15.6 Å². The van der Waals surface area contributed by atoms with Crippen LogP contribution in [-0.4, -0.2) is 34.0 Å². The second-order valence-electron chi connectivity index (χ2n) is 4.58. The van der Waals surface area contributed by atoms with Gasteiger partial charge >= 0.3 is 0 Å². The van der Waals surface area contributed by atoms with Crippen LogP contribution in [0.15, 0.2) is 0 Å². The van der Waals surface area contributed by atoms with E-state index in [4.69, 9.17) is 10.3 Å². The summed E-state index contributed by atoms with van der Waals surface area (Å²) in [5.74, 6) is 0.416. The molecule has 1 unspecified atom stereocenters. The number of rotatable bonds is 4. The quantitative estimate of drug-likeness (QED) is 0.643. The van der Waals surface area contributed by atoms with Crippen LogP contribution in [0.2, 0.25) is 0 Å². The van der Waals surface area contributed by atoms with Gasteiger partial charge in [0.05, 0.1) is 5.75 Å². The van der Waals surface area contributed by atoms with E-state index in [-0.39, 0.29) is 11.3 Å². The molecule has 5 nitrogen and oxygen atoms in total. The smallest absolute Gasteiger partial charge is 0.220 e. The molecule has 0 heterocycles. The molecule has 0 aromatic carbocycles. The number of hydrogen-bond acceptors (Lipinski definition) is 3. The fraction of sp³-hybridized carbons (Fsp3) is 0.900. The van der Waals surface area contributed by atoms with E-state index < -0.39 is 11.1 Å². The predicted molar refractivity (Wildman–Crippen MR) is 67.4 cm³/mol. The highest BCUT2D eigenvalue weighted by Gasteiger charge is 2.13. The van der Waals surface area contributed by atoms with Crippen molar-refractivity contribution in [2.45, 2.75) is 33.6 Å². The maximum atomic E-state index is 10.7. The van der Waals surface area contributed by atoms with E-state index in [1.165, 1.54) is 0 Å². The Balaban J connectivity index is 0. The predicted octanol–water partition coefficient (Wildman–Crippen LogP) is 0.726. The van der Waals surface area contributed by atoms with Crippen molar-refractivity contribution in [1.82, 2.24) is 5.32 Å². The van der Waals surface area contributed by atoms with Crippen molar-refractivity contribution in [2.24, 2.45) is 11.1 Å². The lowest BCUT2D eigenvalue weighted by molar-refractivity contribution is -0.122. The molecule has 0 aliphatic heterocycles. The Hall–Kier alpha value is -0.460. The van der Waals surface area contributed by atoms with Crippen LogP contribution in [0.25, 0.3) is 0 Å². The third-order valence-electron chi connectivity index (χ3n) is 1.49. The summed E-state index contributed by atoms with van der Waals surface area (Å²) in [5.41, 5.74) is 5.14. The van der Waals surface area contributed by atoms with Gasteiger partial charge in [-0.1, -0.05) is 20.8 Å². The highest BCUT2D eigenvalue weighted by Crippen LogP contribution is 2.17. The molecule has 1 amide bonds. The van der Waals surface area contributed by atoms with Gasteiger partial charge in [0.15, 0.2) is 11.1 Å². The van der Waals surface area contributed by atoms with Crippen LogP contribution in [0.4, 0.5) is 0 Å². The Morgan fingerprint density at radius 2 is 1.94 bits per heavy atom. The molecule has 6 heteroatoms. The summed E-state index contributed by atoms with van der Waals surface area (Å²) >= 11 is -1.65. The minimum atomic E-state index is -1.65. The van der Waals surface area contributed by atoms with Gasteiger partial charge in [0.2, 0.25) is 5.91 Å². The zero-order valence-electron chi connectivity index (χ0n) is 10.6. The molecule has 0 radical (unpaired) electrons. The van der Waals surface area contributed by atoms with Crippen LogP contribution in [-0.2, 0) is 15.9 Å². The van der Waals surface area contributed by atoms with E-state index in [0.29, 0.717) is 25.1 Å². The number of carbonyl (C=O) groups is 1. The van der Waals surface area contributed by atoms with Gasteiger partial charge in [0.1, 0.15) is 0 Å². The first-order valence-corrected chi connectivity index (χ1v) is 6.48. The van der Waals surface area contributed by atoms with Crippen LogP contribution in [0.1, 0.15) is 33.6 Å². The lowest BCUT2D eigenvalue weighted by Gasteiger charge is -2.15. The average Bonchev–Trinajstić information content (AvgIpc) is 2.13. The van der Waals surface area contributed by atoms with E-state index in [0.717, 1.165) is 0 Å². The van der Waals surface area contributed by atoms with Gasteiger partial charge in [-0.05, 0) is 18.4 Å². The monoisotopic (exact) mass is 252 g/mol. The van der Waals surface area contributed by atoms with E-state index >= 15 is 0 Å². The number of carbonyl (C=O) groups excluding carboxylic acids is 1. The van der Waals surface area contributed by atoms with Crippen molar-refractivity contribution >= 4 is 17.0 Å². The first kappa shape index (κ1) is 17.9. The second-order valence-corrected chi connectivity index (χ2v) is 5.63. The molecule has 0 bridgehead atoms. The number of nitrogens with two attached hydrogens (primary N) is 1. The zero-order chi connectivity index (χ0) is 13.2. The first-order valence-electron chi connectivity index (χ1n) is 5.21. The molecular formula is C10H24N2O3S. The molecule has 0 rings (SSSR count). The van der Waals surface area contributed by atoms with Crippen LogP contribution in [0.5, 0.6) is 0 Å². The minimum Gasteiger partial charge on any atom is -0.359 e. The SMILES string of the molecule is CNC(=O)CC(C)(C)C.NCCCS(=O)O. The normalized spacial score (nSPS) is 12.4. The van der Waals surface area contributed by atoms with E-state index in [1.807, 2.05) is 20.8 Å². The molecule has 0 aliphatic carbocycles. The summed E-state index contributed by atoms with van der Waals surface area (Å²) in [6.07, 6.45) is 1.23. The van der Waals surface area contributed by atoms with Crippen LogP contribution >= 0.6 is 0 Å². The Morgan fingerprint density at radius 1 is 1.44 bits per heavy atom. The Kier molecular flexibility index (Phi) is 10.9. The summed E-state index contributed by atoms with van der Waals surface area (Å²) in [4.78, 5) is 10.7. The van der Waals surface area contributed by atoms with E-state index in [1.54, 1.807) is 7.05 Å². The lowest BCUT2D eigenvalue weighted by atomic mass is 9.92. The molecule has 0 aromatic rings. The molecule has 0 fully saturated rings. The molecule has 1 atom stereocenters. The summed E-state index contributed by atoms with van der Waals surface area (Å²) in [7, 11) is 1.66. The molecule has 4 N–H and O–H groups in total. The summed E-state index contributed by atoms with van der Waals surface area (Å²) in [6.45, 7) is 6.62. The molecular weight excluding hydrogens is 228 g/mol. The number of amides is 1. The summed E-state index contributed by atoms with van der Waals surface area (Å²) in [6, 6.07) is 0. The third-order valence-corrected chi connectivity index (χ3v) is 2.13. The standard InChI is InChI=1S/C7H15NO.C3H9NO2S/c1-7(2,3)5-6(9)8-4;4-2-1-3-7(5)6/h5H2,1-4H3,(H,8,9);1-4H2,(H,5,6). The maximum Gasteiger partial charge on any atom is 0.220 e. The first-order chi connectivity index (χ1) is 7.22. The fourth-order valence-corrected chi connectivity index (χ4v) is 1.19. The number of nitrogens with one attached hydrogen (secondary N) is 1. The Morgan fingerprint density at radius 3 is 2.06 bits per heavy atom. The number of hydrogen-bond donors (Lipinski definition) is 3. The molecule has 0 aromatic heterocycles. The summed E-state index contributed by atoms with van der Waals surface area (Å²) in [5, 5.41) is 2.58. The van der Waals surface area contributed by atoms with Crippen molar-refractivity contribution < 1.29 is 13.6 Å². The molecule has 0 spiro atoms. The minimum absolute atomic E-state index is 0.111. The van der Waals surface area contributed by atoms with E-state index in [9.17, 15) is 9.00 Å². The average molecular weight is 252 g/mol.